The third kappa shape index (κ3) is 6.49. The van der Waals surface area contributed by atoms with Crippen LogP contribution in [0, 0.1) is 0 Å². The fourth-order valence-corrected chi connectivity index (χ4v) is 3.24. The number of nitrogens with one attached hydrogen (secondary N) is 2. The van der Waals surface area contributed by atoms with Crippen molar-refractivity contribution in [1.29, 1.82) is 0 Å². The molecule has 0 spiro atoms. The fraction of sp³-hybridized carbons (Fsp3) is 0.286. The lowest BCUT2D eigenvalue weighted by Crippen LogP contribution is -2.53. The topological polar surface area (TPSA) is 84.5 Å². The maximum absolute atomic E-state index is 12.8. The molecule has 7 heteroatoms. The van der Waals surface area contributed by atoms with Gasteiger partial charge in [-0.1, -0.05) is 64.5 Å². The Bertz CT molecular complexity index is 826. The summed E-state index contributed by atoms with van der Waals surface area (Å²) in [4.78, 5) is 36.6. The average molecular weight is 447 g/mol. The highest BCUT2D eigenvalue weighted by molar-refractivity contribution is 9.10. The van der Waals surface area contributed by atoms with Crippen molar-refractivity contribution in [2.24, 2.45) is 0 Å². The monoisotopic (exact) mass is 446 g/mol. The van der Waals surface area contributed by atoms with Crippen molar-refractivity contribution in [3.8, 4) is 0 Å². The van der Waals surface area contributed by atoms with Gasteiger partial charge in [-0.15, -0.1) is 0 Å². The number of benzene rings is 2. The maximum Gasteiger partial charge on any atom is 0.328 e. The molecule has 2 aromatic carbocycles. The summed E-state index contributed by atoms with van der Waals surface area (Å²) in [5.41, 5.74) is 1.76. The minimum Gasteiger partial charge on any atom is -0.467 e. The Balaban J connectivity index is 2.17. The molecule has 0 saturated heterocycles. The predicted molar refractivity (Wildman–Crippen MR) is 110 cm³/mol. The van der Waals surface area contributed by atoms with Gasteiger partial charge in [-0.3, -0.25) is 9.59 Å². The van der Waals surface area contributed by atoms with Crippen LogP contribution < -0.4 is 10.6 Å². The molecule has 0 saturated carbocycles. The lowest BCUT2D eigenvalue weighted by Gasteiger charge is -2.22. The van der Waals surface area contributed by atoms with Gasteiger partial charge in [-0.05, 0) is 17.2 Å². The number of rotatable bonds is 8. The molecule has 0 radical (unpaired) electrons. The zero-order chi connectivity index (χ0) is 20.5. The van der Waals surface area contributed by atoms with Crippen molar-refractivity contribution in [2.45, 2.75) is 31.8 Å². The zero-order valence-corrected chi connectivity index (χ0v) is 17.4. The first kappa shape index (κ1) is 21.6. The molecule has 2 aromatic rings. The van der Waals surface area contributed by atoms with Crippen LogP contribution in [0.15, 0.2) is 59.1 Å². The van der Waals surface area contributed by atoms with Crippen LogP contribution >= 0.6 is 15.9 Å². The smallest absolute Gasteiger partial charge is 0.328 e. The van der Waals surface area contributed by atoms with E-state index in [0.29, 0.717) is 6.42 Å². The summed E-state index contributed by atoms with van der Waals surface area (Å²) in [6, 6.07) is 15.1. The number of amides is 2. The lowest BCUT2D eigenvalue weighted by molar-refractivity contribution is -0.145. The van der Waals surface area contributed by atoms with E-state index < -0.39 is 24.0 Å². The van der Waals surface area contributed by atoms with Crippen LogP contribution in [0.1, 0.15) is 18.1 Å². The standard InChI is InChI=1S/C21H23BrN2O4/c1-14(25)23-18(12-15-8-4-3-5-9-15)20(26)24-19(21(27)28-2)13-16-10-6-7-11-17(16)22/h3-11,18-19H,12-13H2,1-2H3,(H,23,25)(H,24,26)/t18-,19-/m1/s1. The minimum absolute atomic E-state index is 0.262. The number of methoxy groups -OCH3 is 1. The molecule has 0 aliphatic heterocycles. The summed E-state index contributed by atoms with van der Waals surface area (Å²) >= 11 is 3.45. The molecule has 0 unspecified atom stereocenters. The highest BCUT2D eigenvalue weighted by Gasteiger charge is 2.27. The van der Waals surface area contributed by atoms with Gasteiger partial charge in [0.25, 0.3) is 0 Å². The van der Waals surface area contributed by atoms with Gasteiger partial charge in [0.15, 0.2) is 0 Å². The second-order valence-electron chi connectivity index (χ2n) is 6.32. The van der Waals surface area contributed by atoms with E-state index in [0.717, 1.165) is 15.6 Å². The molecular formula is C21H23BrN2O4. The van der Waals surface area contributed by atoms with Crippen molar-refractivity contribution in [1.82, 2.24) is 10.6 Å². The van der Waals surface area contributed by atoms with E-state index in [1.807, 2.05) is 54.6 Å². The highest BCUT2D eigenvalue weighted by atomic mass is 79.9. The first-order chi connectivity index (χ1) is 13.4. The van der Waals surface area contributed by atoms with Crippen LogP contribution in [-0.2, 0) is 32.0 Å². The molecular weight excluding hydrogens is 424 g/mol. The van der Waals surface area contributed by atoms with Gasteiger partial charge in [0.2, 0.25) is 11.8 Å². The van der Waals surface area contributed by atoms with E-state index in [2.05, 4.69) is 26.6 Å². The Morgan fingerprint density at radius 1 is 0.929 bits per heavy atom. The summed E-state index contributed by atoms with van der Waals surface area (Å²) in [7, 11) is 1.27. The summed E-state index contributed by atoms with van der Waals surface area (Å²) in [6.07, 6.45) is 0.577. The normalized spacial score (nSPS) is 12.5. The number of hydrogen-bond acceptors (Lipinski definition) is 4. The Morgan fingerprint density at radius 3 is 2.18 bits per heavy atom. The lowest BCUT2D eigenvalue weighted by atomic mass is 10.0. The first-order valence-electron chi connectivity index (χ1n) is 8.83. The van der Waals surface area contributed by atoms with Crippen molar-refractivity contribution in [3.05, 3.63) is 70.2 Å². The molecule has 148 valence electrons. The van der Waals surface area contributed by atoms with Gasteiger partial charge >= 0.3 is 5.97 Å². The Labute approximate surface area is 172 Å². The van der Waals surface area contributed by atoms with Gasteiger partial charge in [-0.2, -0.15) is 0 Å². The van der Waals surface area contributed by atoms with Crippen molar-refractivity contribution in [2.75, 3.05) is 7.11 Å². The number of halogens is 1. The molecule has 2 amide bonds. The third-order valence-electron chi connectivity index (χ3n) is 4.16. The Morgan fingerprint density at radius 2 is 1.57 bits per heavy atom. The van der Waals surface area contributed by atoms with Crippen molar-refractivity contribution >= 4 is 33.7 Å². The number of hydrogen-bond donors (Lipinski definition) is 2. The number of carbonyl (C=O) groups excluding carboxylic acids is 3. The molecule has 0 bridgehead atoms. The maximum atomic E-state index is 12.8. The van der Waals surface area contributed by atoms with E-state index in [1.54, 1.807) is 0 Å². The van der Waals surface area contributed by atoms with E-state index in [1.165, 1.54) is 14.0 Å². The third-order valence-corrected chi connectivity index (χ3v) is 4.93. The summed E-state index contributed by atoms with van der Waals surface area (Å²) in [6.45, 7) is 1.35. The van der Waals surface area contributed by atoms with Crippen LogP contribution in [-0.4, -0.2) is 37.0 Å². The van der Waals surface area contributed by atoms with Crippen LogP contribution in [0.4, 0.5) is 0 Å². The fourth-order valence-electron chi connectivity index (χ4n) is 2.80. The second kappa shape index (κ2) is 10.6. The van der Waals surface area contributed by atoms with E-state index in [4.69, 9.17) is 4.74 Å². The molecule has 0 fully saturated rings. The molecule has 0 aromatic heterocycles. The van der Waals surface area contributed by atoms with Gasteiger partial charge in [-0.25, -0.2) is 4.79 Å². The second-order valence-corrected chi connectivity index (χ2v) is 7.18. The molecule has 0 aliphatic rings. The molecule has 0 heterocycles. The van der Waals surface area contributed by atoms with Crippen LogP contribution in [0.3, 0.4) is 0 Å². The minimum atomic E-state index is -0.872. The van der Waals surface area contributed by atoms with Crippen LogP contribution in [0.5, 0.6) is 0 Å². The molecule has 6 nitrogen and oxygen atoms in total. The van der Waals surface area contributed by atoms with Gasteiger partial charge in [0.1, 0.15) is 12.1 Å². The molecule has 2 N–H and O–H groups in total. The molecule has 28 heavy (non-hydrogen) atoms. The number of carbonyl (C=O) groups is 3. The number of ether oxygens (including phenoxy) is 1. The predicted octanol–water partition coefficient (Wildman–Crippen LogP) is 2.40. The summed E-state index contributed by atoms with van der Waals surface area (Å²) < 4.78 is 5.68. The van der Waals surface area contributed by atoms with E-state index in [-0.39, 0.29) is 12.3 Å². The van der Waals surface area contributed by atoms with E-state index >= 15 is 0 Å². The first-order valence-corrected chi connectivity index (χ1v) is 9.62. The van der Waals surface area contributed by atoms with Gasteiger partial charge in [0.05, 0.1) is 7.11 Å². The molecule has 2 atom stereocenters. The molecule has 0 aliphatic carbocycles. The van der Waals surface area contributed by atoms with Crippen molar-refractivity contribution < 1.29 is 19.1 Å². The Kier molecular flexibility index (Phi) is 8.19. The highest BCUT2D eigenvalue weighted by Crippen LogP contribution is 2.18. The quantitative estimate of drug-likeness (QED) is 0.609. The summed E-state index contributed by atoms with van der Waals surface area (Å²) in [5.74, 6) is -1.32. The summed E-state index contributed by atoms with van der Waals surface area (Å²) in [5, 5.41) is 5.37. The van der Waals surface area contributed by atoms with Crippen LogP contribution in [0.2, 0.25) is 0 Å². The SMILES string of the molecule is COC(=O)[C@@H](Cc1ccccc1Br)NC(=O)[C@@H](Cc1ccccc1)NC(C)=O. The largest absolute Gasteiger partial charge is 0.467 e. The van der Waals surface area contributed by atoms with E-state index in [9.17, 15) is 14.4 Å². The average Bonchev–Trinajstić information content (AvgIpc) is 2.68. The van der Waals surface area contributed by atoms with Crippen LogP contribution in [0.25, 0.3) is 0 Å². The Hall–Kier alpha value is -2.67. The number of esters is 1. The van der Waals surface area contributed by atoms with Crippen molar-refractivity contribution in [3.63, 3.8) is 0 Å². The van der Waals surface area contributed by atoms with Gasteiger partial charge in [0, 0.05) is 24.2 Å². The van der Waals surface area contributed by atoms with Gasteiger partial charge < -0.3 is 15.4 Å². The molecule has 2 rings (SSSR count). The zero-order valence-electron chi connectivity index (χ0n) is 15.8.